The van der Waals surface area contributed by atoms with E-state index in [1.54, 1.807) is 23.7 Å². The number of hydrogen-bond acceptors (Lipinski definition) is 5. The SMILES string of the molecule is CCc1sc(C(=O)N2CCN(c3ncccn3)CC2)cc1C. The van der Waals surface area contributed by atoms with Gasteiger partial charge in [0.05, 0.1) is 4.88 Å². The number of aromatic nitrogens is 2. The van der Waals surface area contributed by atoms with Gasteiger partial charge >= 0.3 is 0 Å². The molecule has 1 aliphatic rings. The van der Waals surface area contributed by atoms with E-state index in [9.17, 15) is 4.79 Å². The Morgan fingerprint density at radius 1 is 1.23 bits per heavy atom. The molecule has 0 N–H and O–H groups in total. The molecule has 0 radical (unpaired) electrons. The van der Waals surface area contributed by atoms with Crippen molar-refractivity contribution in [1.29, 1.82) is 0 Å². The van der Waals surface area contributed by atoms with Gasteiger partial charge in [0.25, 0.3) is 5.91 Å². The second kappa shape index (κ2) is 6.44. The first-order valence-electron chi connectivity index (χ1n) is 7.59. The van der Waals surface area contributed by atoms with E-state index in [0.717, 1.165) is 43.4 Å². The van der Waals surface area contributed by atoms with Gasteiger partial charge in [-0.1, -0.05) is 6.92 Å². The van der Waals surface area contributed by atoms with E-state index in [1.165, 1.54) is 10.4 Å². The first kappa shape index (κ1) is 15.0. The van der Waals surface area contributed by atoms with Crippen molar-refractivity contribution >= 4 is 23.2 Å². The molecule has 5 nitrogen and oxygen atoms in total. The third kappa shape index (κ3) is 2.97. The normalized spacial score (nSPS) is 15.2. The lowest BCUT2D eigenvalue weighted by Crippen LogP contribution is -2.49. The van der Waals surface area contributed by atoms with Gasteiger partial charge in [0.1, 0.15) is 0 Å². The summed E-state index contributed by atoms with van der Waals surface area (Å²) in [6.07, 6.45) is 4.49. The summed E-state index contributed by atoms with van der Waals surface area (Å²) in [5.41, 5.74) is 1.23. The fourth-order valence-corrected chi connectivity index (χ4v) is 3.78. The van der Waals surface area contributed by atoms with Crippen LogP contribution in [-0.4, -0.2) is 47.0 Å². The Morgan fingerprint density at radius 3 is 2.50 bits per heavy atom. The molecular formula is C16H20N4OS. The van der Waals surface area contributed by atoms with Crippen LogP contribution in [0, 0.1) is 6.92 Å². The lowest BCUT2D eigenvalue weighted by molar-refractivity contribution is 0.0751. The molecule has 3 heterocycles. The summed E-state index contributed by atoms with van der Waals surface area (Å²) in [6, 6.07) is 3.84. The van der Waals surface area contributed by atoms with E-state index in [1.807, 2.05) is 17.0 Å². The molecule has 0 saturated carbocycles. The molecule has 3 rings (SSSR count). The van der Waals surface area contributed by atoms with Crippen LogP contribution < -0.4 is 4.90 Å². The molecule has 2 aromatic rings. The quantitative estimate of drug-likeness (QED) is 0.872. The minimum atomic E-state index is 0.154. The van der Waals surface area contributed by atoms with Crippen LogP contribution in [0.4, 0.5) is 5.95 Å². The lowest BCUT2D eigenvalue weighted by atomic mass is 10.2. The molecule has 0 atom stereocenters. The van der Waals surface area contributed by atoms with E-state index in [2.05, 4.69) is 28.7 Å². The number of hydrogen-bond donors (Lipinski definition) is 0. The van der Waals surface area contributed by atoms with Gasteiger partial charge in [-0.3, -0.25) is 4.79 Å². The van der Waals surface area contributed by atoms with Gasteiger partial charge in [-0.15, -0.1) is 11.3 Å². The largest absolute Gasteiger partial charge is 0.337 e. The van der Waals surface area contributed by atoms with Crippen molar-refractivity contribution in [2.75, 3.05) is 31.1 Å². The number of nitrogens with zero attached hydrogens (tertiary/aromatic N) is 4. The average Bonchev–Trinajstić information content (AvgIpc) is 2.96. The third-order valence-electron chi connectivity index (χ3n) is 3.95. The summed E-state index contributed by atoms with van der Waals surface area (Å²) in [6.45, 7) is 7.20. The highest BCUT2D eigenvalue weighted by molar-refractivity contribution is 7.14. The zero-order valence-corrected chi connectivity index (χ0v) is 13.8. The second-order valence-electron chi connectivity index (χ2n) is 5.40. The van der Waals surface area contributed by atoms with E-state index in [0.29, 0.717) is 0 Å². The minimum absolute atomic E-state index is 0.154. The Hall–Kier alpha value is -1.95. The van der Waals surface area contributed by atoms with Crippen molar-refractivity contribution in [2.45, 2.75) is 20.3 Å². The van der Waals surface area contributed by atoms with Crippen molar-refractivity contribution < 1.29 is 4.79 Å². The molecule has 22 heavy (non-hydrogen) atoms. The Labute approximate surface area is 134 Å². The molecule has 0 unspecified atom stereocenters. The summed E-state index contributed by atoms with van der Waals surface area (Å²) in [5.74, 6) is 0.899. The van der Waals surface area contributed by atoms with E-state index in [4.69, 9.17) is 0 Å². The molecule has 2 aromatic heterocycles. The Kier molecular flexibility index (Phi) is 4.38. The van der Waals surface area contributed by atoms with Gasteiger partial charge in [0.2, 0.25) is 5.95 Å². The van der Waals surface area contributed by atoms with Gasteiger partial charge < -0.3 is 9.80 Å². The molecule has 1 saturated heterocycles. The lowest BCUT2D eigenvalue weighted by Gasteiger charge is -2.34. The first-order chi connectivity index (χ1) is 10.7. The van der Waals surface area contributed by atoms with Crippen molar-refractivity contribution in [2.24, 2.45) is 0 Å². The molecule has 1 aliphatic heterocycles. The van der Waals surface area contributed by atoms with Gasteiger partial charge in [0.15, 0.2) is 0 Å². The Balaban J connectivity index is 1.64. The first-order valence-corrected chi connectivity index (χ1v) is 8.41. The molecular weight excluding hydrogens is 296 g/mol. The average molecular weight is 316 g/mol. The van der Waals surface area contributed by atoms with Crippen LogP contribution in [0.25, 0.3) is 0 Å². The summed E-state index contributed by atoms with van der Waals surface area (Å²) in [4.78, 5) is 27.4. The minimum Gasteiger partial charge on any atom is -0.337 e. The maximum Gasteiger partial charge on any atom is 0.264 e. The van der Waals surface area contributed by atoms with Crippen LogP contribution in [0.2, 0.25) is 0 Å². The molecule has 0 aliphatic carbocycles. The van der Waals surface area contributed by atoms with Crippen molar-refractivity contribution in [3.63, 3.8) is 0 Å². The number of aryl methyl sites for hydroxylation is 2. The molecule has 0 bridgehead atoms. The maximum absolute atomic E-state index is 12.6. The fourth-order valence-electron chi connectivity index (χ4n) is 2.70. The number of amides is 1. The highest BCUT2D eigenvalue weighted by atomic mass is 32.1. The second-order valence-corrected chi connectivity index (χ2v) is 6.54. The topological polar surface area (TPSA) is 49.3 Å². The maximum atomic E-state index is 12.6. The number of carbonyl (C=O) groups is 1. The number of anilines is 1. The predicted molar refractivity (Wildman–Crippen MR) is 88.6 cm³/mol. The van der Waals surface area contributed by atoms with E-state index >= 15 is 0 Å². The van der Waals surface area contributed by atoms with Gasteiger partial charge in [-0.2, -0.15) is 0 Å². The van der Waals surface area contributed by atoms with Crippen LogP contribution in [-0.2, 0) is 6.42 Å². The monoisotopic (exact) mass is 316 g/mol. The van der Waals surface area contributed by atoms with Gasteiger partial charge in [0, 0.05) is 43.4 Å². The molecule has 1 fully saturated rings. The van der Waals surface area contributed by atoms with E-state index in [-0.39, 0.29) is 5.91 Å². The van der Waals surface area contributed by atoms with E-state index < -0.39 is 0 Å². The molecule has 6 heteroatoms. The fraction of sp³-hybridized carbons (Fsp3) is 0.438. The smallest absolute Gasteiger partial charge is 0.264 e. The van der Waals surface area contributed by atoms with Crippen molar-refractivity contribution in [1.82, 2.24) is 14.9 Å². The molecule has 116 valence electrons. The van der Waals surface area contributed by atoms with Crippen molar-refractivity contribution in [3.8, 4) is 0 Å². The van der Waals surface area contributed by atoms with Crippen LogP contribution in [0.3, 0.4) is 0 Å². The van der Waals surface area contributed by atoms with Crippen LogP contribution >= 0.6 is 11.3 Å². The summed E-state index contributed by atoms with van der Waals surface area (Å²) in [5, 5.41) is 0. The van der Waals surface area contributed by atoms with Gasteiger partial charge in [-0.05, 0) is 31.0 Å². The van der Waals surface area contributed by atoms with Gasteiger partial charge in [-0.25, -0.2) is 9.97 Å². The highest BCUT2D eigenvalue weighted by Gasteiger charge is 2.24. The summed E-state index contributed by atoms with van der Waals surface area (Å²) >= 11 is 1.63. The Bertz CT molecular complexity index is 647. The number of rotatable bonds is 3. The molecule has 0 aromatic carbocycles. The summed E-state index contributed by atoms with van der Waals surface area (Å²) < 4.78 is 0. The zero-order chi connectivity index (χ0) is 15.5. The van der Waals surface area contributed by atoms with Crippen LogP contribution in [0.15, 0.2) is 24.5 Å². The third-order valence-corrected chi connectivity index (χ3v) is 5.32. The van der Waals surface area contributed by atoms with Crippen LogP contribution in [0.5, 0.6) is 0 Å². The van der Waals surface area contributed by atoms with Crippen LogP contribution in [0.1, 0.15) is 27.0 Å². The molecule has 1 amide bonds. The van der Waals surface area contributed by atoms with Crippen molar-refractivity contribution in [3.05, 3.63) is 39.8 Å². The number of piperazine rings is 1. The summed E-state index contributed by atoms with van der Waals surface area (Å²) in [7, 11) is 0. The highest BCUT2D eigenvalue weighted by Crippen LogP contribution is 2.24. The molecule has 0 spiro atoms. The predicted octanol–water partition coefficient (Wildman–Crippen LogP) is 2.37. The standard InChI is InChI=1S/C16H20N4OS/c1-3-13-12(2)11-14(22-13)15(21)19-7-9-20(10-8-19)16-17-5-4-6-18-16/h4-6,11H,3,7-10H2,1-2H3. The zero-order valence-electron chi connectivity index (χ0n) is 13.0. The number of thiophene rings is 1. The Morgan fingerprint density at radius 2 is 1.91 bits per heavy atom. The number of carbonyl (C=O) groups excluding carboxylic acids is 1.